The number of carbonyl (C=O) groups excluding carboxylic acids is 1. The zero-order valence-electron chi connectivity index (χ0n) is 16.3. The van der Waals surface area contributed by atoms with Crippen LogP contribution in [0, 0.1) is 5.82 Å². The Morgan fingerprint density at radius 1 is 1.00 bits per heavy atom. The van der Waals surface area contributed by atoms with Gasteiger partial charge in [0.05, 0.1) is 17.7 Å². The number of hydrazone groups is 1. The van der Waals surface area contributed by atoms with E-state index in [-0.39, 0.29) is 17.0 Å². The second kappa shape index (κ2) is 10.3. The highest BCUT2D eigenvalue weighted by molar-refractivity contribution is 7.89. The molecule has 0 aliphatic carbocycles. The van der Waals surface area contributed by atoms with Gasteiger partial charge in [0.1, 0.15) is 5.82 Å². The fourth-order valence-electron chi connectivity index (χ4n) is 2.71. The maximum absolute atomic E-state index is 14.2. The average Bonchev–Trinajstić information content (AvgIpc) is 2.76. The van der Waals surface area contributed by atoms with E-state index in [4.69, 9.17) is 11.6 Å². The highest BCUT2D eigenvalue weighted by atomic mass is 35.5. The first-order valence-electron chi connectivity index (χ1n) is 9.22. The summed E-state index contributed by atoms with van der Waals surface area (Å²) in [6.07, 6.45) is 1.44. The molecule has 0 aliphatic heterocycles. The van der Waals surface area contributed by atoms with Crippen LogP contribution < -0.4 is 5.43 Å². The van der Waals surface area contributed by atoms with Crippen molar-refractivity contribution in [1.29, 1.82) is 0 Å². The van der Waals surface area contributed by atoms with Gasteiger partial charge < -0.3 is 0 Å². The number of halogens is 2. The Morgan fingerprint density at radius 2 is 1.65 bits per heavy atom. The highest BCUT2D eigenvalue weighted by Gasteiger charge is 2.27. The van der Waals surface area contributed by atoms with Crippen molar-refractivity contribution in [2.24, 2.45) is 5.10 Å². The number of nitrogens with one attached hydrogen (secondary N) is 1. The molecule has 0 fully saturated rings. The second-order valence-electron chi connectivity index (χ2n) is 6.52. The zero-order valence-corrected chi connectivity index (χ0v) is 17.9. The van der Waals surface area contributed by atoms with Crippen molar-refractivity contribution in [3.05, 3.63) is 101 Å². The van der Waals surface area contributed by atoms with Crippen LogP contribution in [0.5, 0.6) is 0 Å². The number of amides is 1. The summed E-state index contributed by atoms with van der Waals surface area (Å²) in [4.78, 5) is 12.3. The first-order valence-corrected chi connectivity index (χ1v) is 11.0. The van der Waals surface area contributed by atoms with E-state index in [1.165, 1.54) is 48.7 Å². The molecular weight excluding hydrogens is 441 g/mol. The van der Waals surface area contributed by atoms with E-state index in [0.717, 1.165) is 9.87 Å². The van der Waals surface area contributed by atoms with Crippen LogP contribution in [0.1, 0.15) is 11.1 Å². The van der Waals surface area contributed by atoms with Gasteiger partial charge in [-0.15, -0.1) is 0 Å². The number of nitrogens with zero attached hydrogens (tertiary/aromatic N) is 2. The van der Waals surface area contributed by atoms with Gasteiger partial charge in [-0.25, -0.2) is 18.2 Å². The number of hydrogen-bond acceptors (Lipinski definition) is 4. The highest BCUT2D eigenvalue weighted by Crippen LogP contribution is 2.21. The van der Waals surface area contributed by atoms with E-state index in [2.05, 4.69) is 10.5 Å². The third-order valence-corrected chi connectivity index (χ3v) is 6.34. The normalized spacial score (nSPS) is 11.7. The topological polar surface area (TPSA) is 78.8 Å². The number of benzene rings is 3. The molecule has 1 N–H and O–H groups in total. The summed E-state index contributed by atoms with van der Waals surface area (Å²) in [5.74, 6) is -1.23. The van der Waals surface area contributed by atoms with E-state index in [1.807, 2.05) is 18.2 Å². The molecule has 3 aromatic rings. The summed E-state index contributed by atoms with van der Waals surface area (Å²) in [6.45, 7) is -0.876. The Hall–Kier alpha value is -3.07. The SMILES string of the molecule is O=C(CN(Cc1ccccc1F)S(=O)(=O)c1ccc(Cl)cc1)N/N=C\c1ccccc1. The maximum Gasteiger partial charge on any atom is 0.255 e. The van der Waals surface area contributed by atoms with Crippen molar-refractivity contribution in [3.63, 3.8) is 0 Å². The largest absolute Gasteiger partial charge is 0.272 e. The third kappa shape index (κ3) is 6.21. The van der Waals surface area contributed by atoms with Gasteiger partial charge in [0.25, 0.3) is 5.91 Å². The van der Waals surface area contributed by atoms with Crippen molar-refractivity contribution in [3.8, 4) is 0 Å². The van der Waals surface area contributed by atoms with E-state index in [9.17, 15) is 17.6 Å². The van der Waals surface area contributed by atoms with Crippen molar-refractivity contribution in [2.75, 3.05) is 6.54 Å². The summed E-state index contributed by atoms with van der Waals surface area (Å²) in [5.41, 5.74) is 3.21. The van der Waals surface area contributed by atoms with Gasteiger partial charge in [0, 0.05) is 17.1 Å². The Morgan fingerprint density at radius 3 is 2.32 bits per heavy atom. The van der Waals surface area contributed by atoms with Gasteiger partial charge >= 0.3 is 0 Å². The molecule has 9 heteroatoms. The van der Waals surface area contributed by atoms with Gasteiger partial charge in [-0.1, -0.05) is 60.1 Å². The van der Waals surface area contributed by atoms with Gasteiger partial charge in [-0.2, -0.15) is 9.41 Å². The van der Waals surface area contributed by atoms with E-state index >= 15 is 0 Å². The predicted octanol–water partition coefficient (Wildman–Crippen LogP) is 3.82. The number of hydrogen-bond donors (Lipinski definition) is 1. The molecule has 0 atom stereocenters. The first-order chi connectivity index (χ1) is 14.9. The molecule has 0 bridgehead atoms. The number of sulfonamides is 1. The molecule has 0 aromatic heterocycles. The van der Waals surface area contributed by atoms with Gasteiger partial charge in [0.2, 0.25) is 10.0 Å². The molecule has 3 aromatic carbocycles. The lowest BCUT2D eigenvalue weighted by atomic mass is 10.2. The summed E-state index contributed by atoms with van der Waals surface area (Å²) in [5, 5.41) is 4.22. The van der Waals surface area contributed by atoms with E-state index in [1.54, 1.807) is 18.2 Å². The number of carbonyl (C=O) groups is 1. The molecule has 1 amide bonds. The third-order valence-electron chi connectivity index (χ3n) is 4.28. The summed E-state index contributed by atoms with van der Waals surface area (Å²) >= 11 is 5.85. The Bertz CT molecular complexity index is 1170. The van der Waals surface area contributed by atoms with Crippen molar-refractivity contribution >= 4 is 33.7 Å². The van der Waals surface area contributed by atoms with Gasteiger partial charge in [-0.05, 0) is 35.9 Å². The van der Waals surface area contributed by atoms with Crippen LogP contribution in [-0.4, -0.2) is 31.4 Å². The Kier molecular flexibility index (Phi) is 7.51. The second-order valence-corrected chi connectivity index (χ2v) is 8.90. The molecule has 0 unspecified atom stereocenters. The molecule has 160 valence electrons. The molecular formula is C22H19ClFN3O3S. The minimum absolute atomic E-state index is 0.0613. The molecule has 0 radical (unpaired) electrons. The van der Waals surface area contributed by atoms with Crippen LogP contribution in [0.2, 0.25) is 5.02 Å². The Labute approximate surface area is 185 Å². The summed E-state index contributed by atoms with van der Waals surface area (Å²) in [7, 11) is -4.11. The summed E-state index contributed by atoms with van der Waals surface area (Å²) in [6, 6.07) is 20.4. The smallest absolute Gasteiger partial charge is 0.255 e. The monoisotopic (exact) mass is 459 g/mol. The van der Waals surface area contributed by atoms with Crippen molar-refractivity contribution < 1.29 is 17.6 Å². The van der Waals surface area contributed by atoms with Crippen LogP contribution in [-0.2, 0) is 21.4 Å². The molecule has 0 saturated carbocycles. The molecule has 0 spiro atoms. The van der Waals surface area contributed by atoms with Gasteiger partial charge in [-0.3, -0.25) is 4.79 Å². The first kappa shape index (κ1) is 22.6. The average molecular weight is 460 g/mol. The minimum atomic E-state index is -4.11. The molecule has 0 heterocycles. The molecule has 0 saturated heterocycles. The van der Waals surface area contributed by atoms with Crippen molar-refractivity contribution in [1.82, 2.24) is 9.73 Å². The van der Waals surface area contributed by atoms with Crippen LogP contribution in [0.4, 0.5) is 4.39 Å². The van der Waals surface area contributed by atoms with Crippen LogP contribution in [0.15, 0.2) is 88.9 Å². The fraction of sp³-hybridized carbons (Fsp3) is 0.0909. The molecule has 6 nitrogen and oxygen atoms in total. The van der Waals surface area contributed by atoms with Crippen molar-refractivity contribution in [2.45, 2.75) is 11.4 Å². The van der Waals surface area contributed by atoms with E-state index < -0.39 is 28.3 Å². The molecule has 31 heavy (non-hydrogen) atoms. The van der Waals surface area contributed by atoms with Crippen LogP contribution >= 0.6 is 11.6 Å². The van der Waals surface area contributed by atoms with E-state index in [0.29, 0.717) is 5.02 Å². The lowest BCUT2D eigenvalue weighted by Gasteiger charge is -2.21. The Balaban J connectivity index is 1.81. The predicted molar refractivity (Wildman–Crippen MR) is 118 cm³/mol. The van der Waals surface area contributed by atoms with Gasteiger partial charge in [0.15, 0.2) is 0 Å². The maximum atomic E-state index is 14.2. The summed E-state index contributed by atoms with van der Waals surface area (Å²) < 4.78 is 41.3. The fourth-order valence-corrected chi connectivity index (χ4v) is 4.21. The molecule has 0 aliphatic rings. The van der Waals surface area contributed by atoms with Crippen LogP contribution in [0.25, 0.3) is 0 Å². The lowest BCUT2D eigenvalue weighted by molar-refractivity contribution is -0.121. The number of rotatable bonds is 8. The quantitative estimate of drug-likeness (QED) is 0.411. The standard InChI is InChI=1S/C22H19ClFN3O3S/c23-19-10-12-20(13-11-19)31(29,30)27(15-18-8-4-5-9-21(18)24)16-22(28)26-25-14-17-6-2-1-3-7-17/h1-14H,15-16H2,(H,26,28)/b25-14-. The minimum Gasteiger partial charge on any atom is -0.272 e. The lowest BCUT2D eigenvalue weighted by Crippen LogP contribution is -2.39. The molecule has 3 rings (SSSR count). The zero-order chi connectivity index (χ0) is 22.3. The van der Waals surface area contributed by atoms with Crippen LogP contribution in [0.3, 0.4) is 0 Å².